The number of unbranched alkanes of at least 4 members (excludes halogenated alkanes) is 2. The molecule has 0 heterocycles. The number of hydrogen-bond donors (Lipinski definition) is 0. The zero-order valence-electron chi connectivity index (χ0n) is 11.1. The fourth-order valence-electron chi connectivity index (χ4n) is 2.21. The molecule has 0 radical (unpaired) electrons. The van der Waals surface area contributed by atoms with Gasteiger partial charge in [-0.2, -0.15) is 0 Å². The number of hydrogen-bond acceptors (Lipinski definition) is 0. The first-order valence-corrected chi connectivity index (χ1v) is 6.90. The third-order valence-corrected chi connectivity index (χ3v) is 3.44. The van der Waals surface area contributed by atoms with Gasteiger partial charge in [-0.1, -0.05) is 65.4 Å². The number of rotatable bonds is 10. The van der Waals surface area contributed by atoms with Crippen molar-refractivity contribution in [1.82, 2.24) is 0 Å². The van der Waals surface area contributed by atoms with E-state index in [1.54, 1.807) is 0 Å². The molecule has 0 saturated carbocycles. The molecule has 0 aliphatic rings. The standard InChI is InChI=1S/C15H30/c1-5-9-11-14(7-3)13-15(8-4)12-10-6-2/h7,14-15H,3,5-6,8-13H2,1-2,4H3. The molecule has 0 saturated heterocycles. The van der Waals surface area contributed by atoms with Crippen molar-refractivity contribution in [2.45, 2.75) is 72.1 Å². The van der Waals surface area contributed by atoms with Gasteiger partial charge in [-0.05, 0) is 24.7 Å². The van der Waals surface area contributed by atoms with E-state index in [1.165, 1.54) is 51.4 Å². The first-order valence-electron chi connectivity index (χ1n) is 6.90. The van der Waals surface area contributed by atoms with E-state index < -0.39 is 0 Å². The summed E-state index contributed by atoms with van der Waals surface area (Å²) in [7, 11) is 0. The van der Waals surface area contributed by atoms with Crippen molar-refractivity contribution in [3.63, 3.8) is 0 Å². The van der Waals surface area contributed by atoms with Crippen LogP contribution in [-0.4, -0.2) is 0 Å². The molecule has 0 bridgehead atoms. The SMILES string of the molecule is C=CC(CCCC)CC(CC)CCCC. The highest BCUT2D eigenvalue weighted by Crippen LogP contribution is 2.25. The van der Waals surface area contributed by atoms with Gasteiger partial charge in [0.15, 0.2) is 0 Å². The molecule has 0 aliphatic carbocycles. The Balaban J connectivity index is 3.82. The van der Waals surface area contributed by atoms with Crippen LogP contribution in [0.4, 0.5) is 0 Å². The van der Waals surface area contributed by atoms with Gasteiger partial charge >= 0.3 is 0 Å². The van der Waals surface area contributed by atoms with Crippen molar-refractivity contribution in [3.05, 3.63) is 12.7 Å². The first kappa shape index (κ1) is 14.7. The largest absolute Gasteiger partial charge is 0.103 e. The molecule has 0 aromatic carbocycles. The van der Waals surface area contributed by atoms with Crippen LogP contribution >= 0.6 is 0 Å². The average Bonchev–Trinajstić information content (AvgIpc) is 2.28. The normalized spacial score (nSPS) is 14.9. The molecule has 0 nitrogen and oxygen atoms in total. The lowest BCUT2D eigenvalue weighted by Gasteiger charge is -2.20. The quantitative estimate of drug-likeness (QED) is 0.413. The zero-order valence-corrected chi connectivity index (χ0v) is 11.1. The van der Waals surface area contributed by atoms with Crippen LogP contribution in [0.15, 0.2) is 12.7 Å². The molecule has 0 heteroatoms. The second-order valence-electron chi connectivity index (χ2n) is 4.79. The second-order valence-corrected chi connectivity index (χ2v) is 4.79. The Morgan fingerprint density at radius 3 is 2.07 bits per heavy atom. The molecule has 0 aromatic heterocycles. The third kappa shape index (κ3) is 7.64. The molecule has 0 fully saturated rings. The molecule has 15 heavy (non-hydrogen) atoms. The van der Waals surface area contributed by atoms with Crippen LogP contribution in [0.1, 0.15) is 72.1 Å². The Hall–Kier alpha value is -0.260. The minimum absolute atomic E-state index is 0.770. The van der Waals surface area contributed by atoms with Crippen LogP contribution in [-0.2, 0) is 0 Å². The highest BCUT2D eigenvalue weighted by Gasteiger charge is 2.11. The van der Waals surface area contributed by atoms with Crippen LogP contribution in [0.2, 0.25) is 0 Å². The van der Waals surface area contributed by atoms with E-state index in [4.69, 9.17) is 0 Å². The van der Waals surface area contributed by atoms with E-state index in [2.05, 4.69) is 33.4 Å². The lowest BCUT2D eigenvalue weighted by Crippen LogP contribution is -2.06. The smallest absolute Gasteiger partial charge is 0.0234 e. The van der Waals surface area contributed by atoms with Crippen LogP contribution in [0.25, 0.3) is 0 Å². The Morgan fingerprint density at radius 2 is 1.60 bits per heavy atom. The van der Waals surface area contributed by atoms with E-state index in [0.717, 1.165) is 11.8 Å². The first-order chi connectivity index (χ1) is 7.28. The van der Waals surface area contributed by atoms with Gasteiger partial charge in [0, 0.05) is 0 Å². The van der Waals surface area contributed by atoms with Crippen molar-refractivity contribution in [2.75, 3.05) is 0 Å². The van der Waals surface area contributed by atoms with Crippen molar-refractivity contribution >= 4 is 0 Å². The van der Waals surface area contributed by atoms with Gasteiger partial charge in [0.2, 0.25) is 0 Å². The monoisotopic (exact) mass is 210 g/mol. The Bertz CT molecular complexity index is 137. The van der Waals surface area contributed by atoms with Gasteiger partial charge in [-0.15, -0.1) is 6.58 Å². The van der Waals surface area contributed by atoms with E-state index in [-0.39, 0.29) is 0 Å². The van der Waals surface area contributed by atoms with Crippen LogP contribution in [0.3, 0.4) is 0 Å². The van der Waals surface area contributed by atoms with E-state index in [0.29, 0.717) is 0 Å². The Labute approximate surface area is 97.2 Å². The molecule has 0 aromatic rings. The summed E-state index contributed by atoms with van der Waals surface area (Å²) in [4.78, 5) is 0. The van der Waals surface area contributed by atoms with Gasteiger partial charge < -0.3 is 0 Å². The van der Waals surface area contributed by atoms with Crippen LogP contribution in [0.5, 0.6) is 0 Å². The molecule has 0 rings (SSSR count). The maximum absolute atomic E-state index is 3.98. The second kappa shape index (κ2) is 10.3. The molecule has 0 N–H and O–H groups in total. The van der Waals surface area contributed by atoms with Gasteiger partial charge in [0.1, 0.15) is 0 Å². The predicted octanol–water partition coefficient (Wildman–Crippen LogP) is 5.59. The van der Waals surface area contributed by atoms with E-state index in [9.17, 15) is 0 Å². The fourth-order valence-corrected chi connectivity index (χ4v) is 2.21. The Kier molecular flexibility index (Phi) is 10.1. The maximum atomic E-state index is 3.98. The molecular formula is C15H30. The van der Waals surface area contributed by atoms with E-state index >= 15 is 0 Å². The molecule has 0 amide bonds. The maximum Gasteiger partial charge on any atom is -0.0234 e. The highest BCUT2D eigenvalue weighted by molar-refractivity contribution is 4.80. The molecule has 0 spiro atoms. The molecule has 2 unspecified atom stereocenters. The van der Waals surface area contributed by atoms with Crippen molar-refractivity contribution in [3.8, 4) is 0 Å². The van der Waals surface area contributed by atoms with E-state index in [1.807, 2.05) is 0 Å². The highest BCUT2D eigenvalue weighted by atomic mass is 14.2. The minimum Gasteiger partial charge on any atom is -0.103 e. The van der Waals surface area contributed by atoms with Gasteiger partial charge in [-0.25, -0.2) is 0 Å². The minimum atomic E-state index is 0.770. The lowest BCUT2D eigenvalue weighted by molar-refractivity contribution is 0.356. The summed E-state index contributed by atoms with van der Waals surface area (Å²) < 4.78 is 0. The summed E-state index contributed by atoms with van der Waals surface area (Å²) in [5, 5.41) is 0. The summed E-state index contributed by atoms with van der Waals surface area (Å²) in [6.45, 7) is 10.9. The summed E-state index contributed by atoms with van der Waals surface area (Å²) in [5.41, 5.74) is 0. The molecule has 2 atom stereocenters. The Morgan fingerprint density at radius 1 is 1.00 bits per heavy atom. The van der Waals surface area contributed by atoms with Crippen molar-refractivity contribution in [2.24, 2.45) is 11.8 Å². The van der Waals surface area contributed by atoms with Crippen LogP contribution < -0.4 is 0 Å². The molecule has 90 valence electrons. The van der Waals surface area contributed by atoms with Gasteiger partial charge in [-0.3, -0.25) is 0 Å². The zero-order chi connectivity index (χ0) is 11.5. The third-order valence-electron chi connectivity index (χ3n) is 3.44. The van der Waals surface area contributed by atoms with Crippen molar-refractivity contribution in [1.29, 1.82) is 0 Å². The predicted molar refractivity (Wildman–Crippen MR) is 71.1 cm³/mol. The van der Waals surface area contributed by atoms with Crippen molar-refractivity contribution < 1.29 is 0 Å². The van der Waals surface area contributed by atoms with Gasteiger partial charge in [0.25, 0.3) is 0 Å². The molecule has 0 aliphatic heterocycles. The van der Waals surface area contributed by atoms with Gasteiger partial charge in [0.05, 0.1) is 0 Å². The summed E-state index contributed by atoms with van der Waals surface area (Å²) in [6.07, 6.45) is 13.1. The molecular weight excluding hydrogens is 180 g/mol. The van der Waals surface area contributed by atoms with Crippen LogP contribution in [0, 0.1) is 11.8 Å². The summed E-state index contributed by atoms with van der Waals surface area (Å²) in [6, 6.07) is 0. The lowest BCUT2D eigenvalue weighted by atomic mass is 9.86. The fraction of sp³-hybridized carbons (Fsp3) is 0.867. The summed E-state index contributed by atoms with van der Waals surface area (Å²) in [5.74, 6) is 1.71. The average molecular weight is 210 g/mol. The topological polar surface area (TPSA) is 0 Å². The number of allylic oxidation sites excluding steroid dienone is 1. The summed E-state index contributed by atoms with van der Waals surface area (Å²) >= 11 is 0.